The zero-order chi connectivity index (χ0) is 26.5. The van der Waals surface area contributed by atoms with E-state index in [4.69, 9.17) is 0 Å². The van der Waals surface area contributed by atoms with E-state index in [1.165, 1.54) is 0 Å². The molecule has 0 saturated heterocycles. The number of hydrogen-bond acceptors (Lipinski definition) is 3. The molecule has 1 heterocycles. The van der Waals surface area contributed by atoms with Crippen molar-refractivity contribution in [2.24, 2.45) is 5.92 Å². The molecule has 0 unspecified atom stereocenters. The summed E-state index contributed by atoms with van der Waals surface area (Å²) < 4.78 is 0. The predicted molar refractivity (Wildman–Crippen MR) is 149 cm³/mol. The number of carbonyl (C=O) groups is 3. The molecule has 0 bridgehead atoms. The minimum atomic E-state index is -0.543. The van der Waals surface area contributed by atoms with Crippen LogP contribution in [0.25, 0.3) is 10.8 Å². The normalized spacial score (nSPS) is 13.3. The van der Waals surface area contributed by atoms with Crippen LogP contribution in [-0.4, -0.2) is 41.8 Å². The average Bonchev–Trinajstić information content (AvgIpc) is 3.16. The van der Waals surface area contributed by atoms with Gasteiger partial charge in [0.15, 0.2) is 0 Å². The third kappa shape index (κ3) is 5.85. The summed E-state index contributed by atoms with van der Waals surface area (Å²) in [4.78, 5) is 43.2. The lowest BCUT2D eigenvalue weighted by Crippen LogP contribution is -2.49. The van der Waals surface area contributed by atoms with Gasteiger partial charge in [0.25, 0.3) is 5.91 Å². The second-order valence-electron chi connectivity index (χ2n) is 10.3. The summed E-state index contributed by atoms with van der Waals surface area (Å²) in [5.74, 6) is 0.118. The summed E-state index contributed by atoms with van der Waals surface area (Å²) in [6, 6.07) is 19.3. The fraction of sp³-hybridized carbons (Fsp3) is 0.387. The van der Waals surface area contributed by atoms with Crippen LogP contribution in [0.15, 0.2) is 60.7 Å². The van der Waals surface area contributed by atoms with Gasteiger partial charge in [-0.1, -0.05) is 74.9 Å². The van der Waals surface area contributed by atoms with E-state index in [1.807, 2.05) is 74.5 Å². The minimum absolute atomic E-state index is 0.0183. The van der Waals surface area contributed by atoms with Crippen LogP contribution in [0.3, 0.4) is 0 Å². The van der Waals surface area contributed by atoms with E-state index in [-0.39, 0.29) is 24.1 Å². The molecule has 1 aliphatic rings. The van der Waals surface area contributed by atoms with E-state index >= 15 is 0 Å². The fourth-order valence-electron chi connectivity index (χ4n) is 4.97. The van der Waals surface area contributed by atoms with Crippen LogP contribution >= 0.6 is 0 Å². The molecular formula is C31H37N3O3. The number of aryl methyl sites for hydroxylation is 1. The number of nitrogens with one attached hydrogen (secondary N) is 1. The number of amides is 3. The Hall–Kier alpha value is -3.67. The number of benzene rings is 3. The van der Waals surface area contributed by atoms with Crippen LogP contribution in [0, 0.1) is 12.8 Å². The van der Waals surface area contributed by atoms with Crippen molar-refractivity contribution in [1.29, 1.82) is 0 Å². The maximum Gasteiger partial charge on any atom is 0.258 e. The third-order valence-electron chi connectivity index (χ3n) is 6.97. The monoisotopic (exact) mass is 499 g/mol. The maximum absolute atomic E-state index is 13.6. The SMILES string of the molecule is CC[C@H](C(=O)NCC(C)C)N(Cc1ccc(C)cc1)C(=O)CCCN1C(=O)c2cccc3cccc1c23. The van der Waals surface area contributed by atoms with E-state index in [2.05, 4.69) is 19.2 Å². The van der Waals surface area contributed by atoms with Crippen LogP contribution in [0.1, 0.15) is 61.5 Å². The third-order valence-corrected chi connectivity index (χ3v) is 6.97. The van der Waals surface area contributed by atoms with Crippen molar-refractivity contribution in [1.82, 2.24) is 10.2 Å². The molecule has 194 valence electrons. The predicted octanol–water partition coefficient (Wildman–Crippen LogP) is 5.47. The summed E-state index contributed by atoms with van der Waals surface area (Å²) in [6.45, 7) is 9.47. The Kier molecular flexibility index (Phi) is 8.27. The molecule has 1 aliphatic heterocycles. The van der Waals surface area contributed by atoms with Gasteiger partial charge in [0.2, 0.25) is 11.8 Å². The molecular weight excluding hydrogens is 462 g/mol. The largest absolute Gasteiger partial charge is 0.354 e. The lowest BCUT2D eigenvalue weighted by molar-refractivity contribution is -0.141. The van der Waals surface area contributed by atoms with Crippen molar-refractivity contribution < 1.29 is 14.4 Å². The van der Waals surface area contributed by atoms with Gasteiger partial charge in [-0.15, -0.1) is 0 Å². The van der Waals surface area contributed by atoms with Crippen LogP contribution in [0.4, 0.5) is 5.69 Å². The molecule has 0 spiro atoms. The maximum atomic E-state index is 13.6. The van der Waals surface area contributed by atoms with Gasteiger partial charge >= 0.3 is 0 Å². The average molecular weight is 500 g/mol. The molecule has 0 fully saturated rings. The molecule has 0 saturated carbocycles. The van der Waals surface area contributed by atoms with Crippen LogP contribution in [0.5, 0.6) is 0 Å². The zero-order valence-electron chi connectivity index (χ0n) is 22.3. The van der Waals surface area contributed by atoms with Gasteiger partial charge in [-0.3, -0.25) is 14.4 Å². The summed E-state index contributed by atoms with van der Waals surface area (Å²) in [5.41, 5.74) is 3.76. The quantitative estimate of drug-likeness (QED) is 0.380. The molecule has 6 heteroatoms. The highest BCUT2D eigenvalue weighted by Crippen LogP contribution is 2.37. The second kappa shape index (κ2) is 11.6. The van der Waals surface area contributed by atoms with Gasteiger partial charge < -0.3 is 15.1 Å². The first-order chi connectivity index (χ1) is 17.8. The second-order valence-corrected chi connectivity index (χ2v) is 10.3. The van der Waals surface area contributed by atoms with Gasteiger partial charge in [0, 0.05) is 37.0 Å². The Labute approximate surface area is 219 Å². The van der Waals surface area contributed by atoms with Crippen molar-refractivity contribution >= 4 is 34.2 Å². The topological polar surface area (TPSA) is 69.7 Å². The van der Waals surface area contributed by atoms with E-state index in [1.54, 1.807) is 9.80 Å². The summed E-state index contributed by atoms with van der Waals surface area (Å²) in [7, 11) is 0. The minimum Gasteiger partial charge on any atom is -0.354 e. The highest BCUT2D eigenvalue weighted by atomic mass is 16.2. The summed E-state index contributed by atoms with van der Waals surface area (Å²) in [5, 5.41) is 5.03. The van der Waals surface area contributed by atoms with Gasteiger partial charge in [-0.05, 0) is 48.8 Å². The summed E-state index contributed by atoms with van der Waals surface area (Å²) >= 11 is 0. The first-order valence-electron chi connectivity index (χ1n) is 13.3. The van der Waals surface area contributed by atoms with Crippen molar-refractivity contribution in [2.75, 3.05) is 18.0 Å². The molecule has 3 aromatic rings. The number of rotatable bonds is 11. The van der Waals surface area contributed by atoms with Gasteiger partial charge in [-0.2, -0.15) is 0 Å². The number of anilines is 1. The molecule has 1 N–H and O–H groups in total. The van der Waals surface area contributed by atoms with Crippen LogP contribution < -0.4 is 10.2 Å². The highest BCUT2D eigenvalue weighted by Gasteiger charge is 2.31. The van der Waals surface area contributed by atoms with Gasteiger partial charge in [-0.25, -0.2) is 0 Å². The Balaban J connectivity index is 1.47. The zero-order valence-corrected chi connectivity index (χ0v) is 22.3. The standard InChI is InChI=1S/C31H37N3O3/c1-5-26(30(36)32-19-21(2)3)34(20-23-16-14-22(4)15-17-23)28(35)13-8-18-33-27-12-7-10-24-9-6-11-25(29(24)27)31(33)37/h6-7,9-12,14-17,21,26H,5,8,13,18-20H2,1-4H3,(H,32,36)/t26-/m1/s1. The molecule has 37 heavy (non-hydrogen) atoms. The molecule has 0 aromatic heterocycles. The molecule has 6 nitrogen and oxygen atoms in total. The number of hydrogen-bond donors (Lipinski definition) is 1. The van der Waals surface area contributed by atoms with Crippen LogP contribution in [-0.2, 0) is 16.1 Å². The Morgan fingerprint density at radius 2 is 1.70 bits per heavy atom. The molecule has 3 aromatic carbocycles. The van der Waals surface area contributed by atoms with Crippen molar-refractivity contribution in [2.45, 2.75) is 59.5 Å². The van der Waals surface area contributed by atoms with Crippen LogP contribution in [0.2, 0.25) is 0 Å². The number of nitrogens with zero attached hydrogens (tertiary/aromatic N) is 2. The Bertz CT molecular complexity index is 1280. The molecule has 0 radical (unpaired) electrons. The molecule has 0 aliphatic carbocycles. The molecule has 3 amide bonds. The van der Waals surface area contributed by atoms with E-state index in [0.717, 1.165) is 27.6 Å². The first kappa shape index (κ1) is 26.4. The summed E-state index contributed by atoms with van der Waals surface area (Å²) in [6.07, 6.45) is 1.31. The molecule has 4 rings (SSSR count). The number of carbonyl (C=O) groups excluding carboxylic acids is 3. The van der Waals surface area contributed by atoms with Gasteiger partial charge in [0.1, 0.15) is 6.04 Å². The Morgan fingerprint density at radius 3 is 2.38 bits per heavy atom. The van der Waals surface area contributed by atoms with Crippen molar-refractivity contribution in [3.05, 3.63) is 77.4 Å². The lowest BCUT2D eigenvalue weighted by atomic mass is 10.1. The molecule has 1 atom stereocenters. The van der Waals surface area contributed by atoms with E-state index in [0.29, 0.717) is 44.0 Å². The van der Waals surface area contributed by atoms with E-state index < -0.39 is 6.04 Å². The Morgan fingerprint density at radius 1 is 1.00 bits per heavy atom. The van der Waals surface area contributed by atoms with E-state index in [9.17, 15) is 14.4 Å². The fourth-order valence-corrected chi connectivity index (χ4v) is 4.97. The first-order valence-corrected chi connectivity index (χ1v) is 13.3. The van der Waals surface area contributed by atoms with Crippen molar-refractivity contribution in [3.8, 4) is 0 Å². The van der Waals surface area contributed by atoms with Gasteiger partial charge in [0.05, 0.1) is 5.69 Å². The highest BCUT2D eigenvalue weighted by molar-refractivity contribution is 6.25. The van der Waals surface area contributed by atoms with Crippen molar-refractivity contribution in [3.63, 3.8) is 0 Å². The lowest BCUT2D eigenvalue weighted by Gasteiger charge is -2.31. The smallest absolute Gasteiger partial charge is 0.258 e.